The van der Waals surface area contributed by atoms with Crippen LogP contribution in [0, 0.1) is 6.92 Å². The van der Waals surface area contributed by atoms with Gasteiger partial charge in [-0.3, -0.25) is 14.8 Å². The van der Waals surface area contributed by atoms with E-state index in [9.17, 15) is 0 Å². The Kier molecular flexibility index (Phi) is 6.13. The van der Waals surface area contributed by atoms with Crippen molar-refractivity contribution >= 4 is 33.9 Å². The minimum atomic E-state index is 0.716. The topological polar surface area (TPSA) is 31.4 Å². The fraction of sp³-hybridized carbons (Fsp3) is 0.423. The van der Waals surface area contributed by atoms with Crippen LogP contribution in [-0.2, 0) is 13.1 Å². The molecule has 1 N–H and O–H groups in total. The molecule has 0 unspecified atom stereocenters. The van der Waals surface area contributed by atoms with E-state index in [1.54, 1.807) is 0 Å². The molecule has 2 saturated heterocycles. The smallest absolute Gasteiger partial charge is 0.0737 e. The predicted octanol–water partition coefficient (Wildman–Crippen LogP) is 6.13. The Balaban J connectivity index is 1.49. The second kappa shape index (κ2) is 9.15. The van der Waals surface area contributed by atoms with Crippen molar-refractivity contribution in [3.05, 3.63) is 64.3 Å². The number of hydrogen-bond donors (Lipinski definition) is 1. The van der Waals surface area contributed by atoms with Crippen LogP contribution in [0.5, 0.6) is 0 Å². The van der Waals surface area contributed by atoms with E-state index in [4.69, 9.17) is 11.6 Å². The molecule has 0 radical (unpaired) electrons. The van der Waals surface area contributed by atoms with E-state index in [0.717, 1.165) is 35.4 Å². The molecule has 2 aliphatic rings. The van der Waals surface area contributed by atoms with Crippen molar-refractivity contribution in [1.82, 2.24) is 14.8 Å². The van der Waals surface area contributed by atoms with Crippen LogP contribution >= 0.6 is 11.6 Å². The van der Waals surface area contributed by atoms with Crippen molar-refractivity contribution in [2.45, 2.75) is 45.7 Å². The molecule has 5 heteroatoms. The Morgan fingerprint density at radius 1 is 0.871 bits per heavy atom. The van der Waals surface area contributed by atoms with Crippen LogP contribution in [-0.4, -0.2) is 41.0 Å². The van der Waals surface area contributed by atoms with Gasteiger partial charge in [0, 0.05) is 41.1 Å². The minimum absolute atomic E-state index is 0.716. The van der Waals surface area contributed by atoms with Gasteiger partial charge in [0.1, 0.15) is 0 Å². The summed E-state index contributed by atoms with van der Waals surface area (Å²) in [6, 6.07) is 12.7. The number of rotatable bonds is 6. The fourth-order valence-corrected chi connectivity index (χ4v) is 5.16. The lowest BCUT2D eigenvalue weighted by Gasteiger charge is -2.23. The van der Waals surface area contributed by atoms with Crippen LogP contribution in [0.1, 0.15) is 42.4 Å². The first kappa shape index (κ1) is 20.7. The van der Waals surface area contributed by atoms with Gasteiger partial charge in [0.05, 0.1) is 5.52 Å². The molecule has 0 atom stereocenters. The summed E-state index contributed by atoms with van der Waals surface area (Å²) >= 11 is 6.18. The molecule has 0 spiro atoms. The summed E-state index contributed by atoms with van der Waals surface area (Å²) in [6.07, 6.45) is 7.14. The molecular formula is C26H31ClN4. The van der Waals surface area contributed by atoms with Crippen LogP contribution in [0.3, 0.4) is 0 Å². The normalized spacial score (nSPS) is 17.6. The highest BCUT2D eigenvalue weighted by Gasteiger charge is 2.18. The zero-order valence-corrected chi connectivity index (χ0v) is 19.1. The molecule has 0 bridgehead atoms. The zero-order valence-electron chi connectivity index (χ0n) is 18.3. The summed E-state index contributed by atoms with van der Waals surface area (Å²) in [5.74, 6) is 0. The first-order valence-electron chi connectivity index (χ1n) is 11.5. The van der Waals surface area contributed by atoms with Crippen LogP contribution < -0.4 is 5.32 Å². The minimum Gasteiger partial charge on any atom is -0.355 e. The SMILES string of the molecule is Cc1c(CN2CCCC2)cc(Nc2ccnc3cc(Cl)ccc23)cc1CN1CCCC1. The van der Waals surface area contributed by atoms with Gasteiger partial charge in [-0.1, -0.05) is 11.6 Å². The Morgan fingerprint density at radius 2 is 1.48 bits per heavy atom. The number of halogens is 1. The van der Waals surface area contributed by atoms with E-state index in [2.05, 4.69) is 51.3 Å². The Bertz CT molecular complexity index is 1030. The first-order chi connectivity index (χ1) is 15.2. The molecule has 0 aliphatic carbocycles. The van der Waals surface area contributed by atoms with Gasteiger partial charge in [-0.2, -0.15) is 0 Å². The van der Waals surface area contributed by atoms with Crippen LogP contribution in [0.25, 0.3) is 10.9 Å². The number of nitrogens with one attached hydrogen (secondary N) is 1. The third kappa shape index (κ3) is 4.72. The van der Waals surface area contributed by atoms with E-state index < -0.39 is 0 Å². The fourth-order valence-electron chi connectivity index (χ4n) is 4.99. The van der Waals surface area contributed by atoms with Crippen LogP contribution in [0.2, 0.25) is 5.02 Å². The van der Waals surface area contributed by atoms with Gasteiger partial charge in [-0.25, -0.2) is 0 Å². The van der Waals surface area contributed by atoms with Gasteiger partial charge >= 0.3 is 0 Å². The van der Waals surface area contributed by atoms with Gasteiger partial charge in [0.2, 0.25) is 0 Å². The second-order valence-corrected chi connectivity index (χ2v) is 9.47. The summed E-state index contributed by atoms with van der Waals surface area (Å²) in [7, 11) is 0. The van der Waals surface area contributed by atoms with Crippen molar-refractivity contribution in [2.24, 2.45) is 0 Å². The second-order valence-electron chi connectivity index (χ2n) is 9.03. The van der Waals surface area contributed by atoms with Crippen molar-refractivity contribution in [2.75, 3.05) is 31.5 Å². The van der Waals surface area contributed by atoms with E-state index >= 15 is 0 Å². The summed E-state index contributed by atoms with van der Waals surface area (Å²) in [4.78, 5) is 9.68. The Hall–Kier alpha value is -2.14. The largest absolute Gasteiger partial charge is 0.355 e. The lowest BCUT2D eigenvalue weighted by atomic mass is 9.99. The molecule has 5 rings (SSSR count). The number of anilines is 2. The molecule has 3 heterocycles. The maximum atomic E-state index is 6.18. The van der Waals surface area contributed by atoms with Crippen LogP contribution in [0.4, 0.5) is 11.4 Å². The van der Waals surface area contributed by atoms with Gasteiger partial charge < -0.3 is 5.32 Å². The maximum Gasteiger partial charge on any atom is 0.0737 e. The number of likely N-dealkylation sites (tertiary alicyclic amines) is 2. The van der Waals surface area contributed by atoms with Gasteiger partial charge in [0.25, 0.3) is 0 Å². The van der Waals surface area contributed by atoms with Crippen LogP contribution in [0.15, 0.2) is 42.6 Å². The van der Waals surface area contributed by atoms with Gasteiger partial charge in [0.15, 0.2) is 0 Å². The molecule has 3 aromatic rings. The van der Waals surface area contributed by atoms with Crippen molar-refractivity contribution in [3.8, 4) is 0 Å². The third-order valence-electron chi connectivity index (χ3n) is 6.79. The summed E-state index contributed by atoms with van der Waals surface area (Å²) in [5, 5.41) is 5.51. The first-order valence-corrected chi connectivity index (χ1v) is 11.9. The molecule has 31 heavy (non-hydrogen) atoms. The molecular weight excluding hydrogens is 404 g/mol. The molecule has 4 nitrogen and oxygen atoms in total. The molecule has 2 fully saturated rings. The molecule has 2 aromatic carbocycles. The highest BCUT2D eigenvalue weighted by molar-refractivity contribution is 6.31. The van der Waals surface area contributed by atoms with Crippen molar-refractivity contribution in [1.29, 1.82) is 0 Å². The lowest BCUT2D eigenvalue weighted by molar-refractivity contribution is 0.324. The van der Waals surface area contributed by atoms with E-state index in [1.165, 1.54) is 68.6 Å². The zero-order chi connectivity index (χ0) is 21.2. The molecule has 162 valence electrons. The van der Waals surface area contributed by atoms with Crippen molar-refractivity contribution < 1.29 is 0 Å². The molecule has 0 amide bonds. The number of pyridine rings is 1. The third-order valence-corrected chi connectivity index (χ3v) is 7.03. The van der Waals surface area contributed by atoms with Crippen molar-refractivity contribution in [3.63, 3.8) is 0 Å². The summed E-state index contributed by atoms with van der Waals surface area (Å²) in [5.41, 5.74) is 7.50. The Labute approximate surface area is 190 Å². The number of fused-ring (bicyclic) bond motifs is 1. The average molecular weight is 435 g/mol. The average Bonchev–Trinajstić information content (AvgIpc) is 3.46. The number of benzene rings is 2. The number of hydrogen-bond acceptors (Lipinski definition) is 4. The molecule has 2 aliphatic heterocycles. The van der Waals surface area contributed by atoms with Gasteiger partial charge in [-0.15, -0.1) is 0 Å². The summed E-state index contributed by atoms with van der Waals surface area (Å²) < 4.78 is 0. The number of nitrogens with zero attached hydrogens (tertiary/aromatic N) is 3. The van der Waals surface area contributed by atoms with E-state index in [1.807, 2.05) is 18.3 Å². The van der Waals surface area contributed by atoms with E-state index in [-0.39, 0.29) is 0 Å². The number of aromatic nitrogens is 1. The highest BCUT2D eigenvalue weighted by Crippen LogP contribution is 2.31. The highest BCUT2D eigenvalue weighted by atomic mass is 35.5. The quantitative estimate of drug-likeness (QED) is 0.505. The summed E-state index contributed by atoms with van der Waals surface area (Å²) in [6.45, 7) is 9.26. The standard InChI is InChI=1S/C26H31ClN4/c1-19-20(17-30-10-2-3-11-30)14-23(15-21(19)18-31-12-4-5-13-31)29-25-8-9-28-26-16-22(27)6-7-24(25)26/h6-9,14-16H,2-5,10-13,17-18H2,1H3,(H,28,29). The van der Waals surface area contributed by atoms with E-state index in [0.29, 0.717) is 5.02 Å². The monoisotopic (exact) mass is 434 g/mol. The predicted molar refractivity (Wildman–Crippen MR) is 130 cm³/mol. The molecule has 1 aromatic heterocycles. The Morgan fingerprint density at radius 3 is 2.10 bits per heavy atom. The lowest BCUT2D eigenvalue weighted by Crippen LogP contribution is -2.22. The molecule has 0 saturated carbocycles. The van der Waals surface area contributed by atoms with Gasteiger partial charge in [-0.05, 0) is 112 Å². The maximum absolute atomic E-state index is 6.18.